The number of benzene rings is 2. The molecule has 0 unspecified atom stereocenters. The smallest absolute Gasteiger partial charge is 0.335 e. The highest BCUT2D eigenvalue weighted by atomic mass is 35.5. The van der Waals surface area contributed by atoms with Gasteiger partial charge in [-0.25, -0.2) is 9.59 Å². The minimum Gasteiger partial charge on any atom is -0.478 e. The number of nitrogens with zero attached hydrogens (tertiary/aromatic N) is 3. The summed E-state index contributed by atoms with van der Waals surface area (Å²) in [7, 11) is 0. The third kappa shape index (κ3) is 5.75. The SMILES string of the molecule is C[C@@H]1C[C@H](C)CN(c2ccc(N3C(=S)N[C@@H](c4ccccn4)[C@@H]3c3ccc(-c4cc(C(=O)O)cc(C(=O)O)c4)o3)cc2Cl)C1. The van der Waals surface area contributed by atoms with Gasteiger partial charge in [0.05, 0.1) is 33.6 Å². The number of piperidine rings is 1. The van der Waals surface area contributed by atoms with Crippen LogP contribution in [0.5, 0.6) is 0 Å². The van der Waals surface area contributed by atoms with Crippen molar-refractivity contribution in [3.05, 3.63) is 101 Å². The van der Waals surface area contributed by atoms with Gasteiger partial charge in [0, 0.05) is 30.5 Å². The lowest BCUT2D eigenvalue weighted by molar-refractivity contribution is 0.0696. The zero-order chi connectivity index (χ0) is 31.1. The molecule has 226 valence electrons. The predicted octanol–water partition coefficient (Wildman–Crippen LogP) is 7.05. The summed E-state index contributed by atoms with van der Waals surface area (Å²) in [4.78, 5) is 32.3. The fourth-order valence-electron chi connectivity index (χ4n) is 6.37. The first-order valence-electron chi connectivity index (χ1n) is 14.4. The third-order valence-corrected chi connectivity index (χ3v) is 8.76. The molecule has 0 bridgehead atoms. The Morgan fingerprint density at radius 2 is 1.68 bits per heavy atom. The summed E-state index contributed by atoms with van der Waals surface area (Å²) in [5.41, 5.74) is 2.54. The van der Waals surface area contributed by atoms with Crippen LogP contribution >= 0.6 is 23.8 Å². The fraction of sp³-hybridized carbons (Fsp3) is 0.273. The standard InChI is InChI=1S/C33H31ClN4O5S/c1-18-11-19(2)17-37(16-18)26-7-6-23(15-24(26)34)38-30(29(36-33(38)44)25-5-3-4-10-35-25)28-9-8-27(43-28)20-12-21(31(39)40)14-22(13-20)32(41)42/h3-10,12-15,18-19,29-30H,11,16-17H2,1-2H3,(H,36,44)(H,39,40)(H,41,42)/t18-,19+,29-,30-/m0/s1. The minimum absolute atomic E-state index is 0.151. The number of aromatic nitrogens is 1. The summed E-state index contributed by atoms with van der Waals surface area (Å²) in [6, 6.07) is 18.1. The molecule has 2 fully saturated rings. The fourth-order valence-corrected chi connectivity index (χ4v) is 7.01. The second-order valence-electron chi connectivity index (χ2n) is 11.6. The van der Waals surface area contributed by atoms with Crippen LogP contribution in [-0.4, -0.2) is 45.3 Å². The van der Waals surface area contributed by atoms with Gasteiger partial charge in [-0.3, -0.25) is 4.98 Å². The lowest BCUT2D eigenvalue weighted by Gasteiger charge is -2.37. The van der Waals surface area contributed by atoms with Crippen LogP contribution in [0.25, 0.3) is 11.3 Å². The molecule has 0 radical (unpaired) electrons. The van der Waals surface area contributed by atoms with Gasteiger partial charge in [-0.2, -0.15) is 0 Å². The monoisotopic (exact) mass is 630 g/mol. The van der Waals surface area contributed by atoms with Crippen LogP contribution in [0, 0.1) is 11.8 Å². The molecule has 6 rings (SSSR count). The first-order chi connectivity index (χ1) is 21.1. The summed E-state index contributed by atoms with van der Waals surface area (Å²) in [5.74, 6) is -0.471. The van der Waals surface area contributed by atoms with E-state index in [4.69, 9.17) is 28.2 Å². The molecule has 0 spiro atoms. The number of aromatic carboxylic acids is 2. The van der Waals surface area contributed by atoms with E-state index in [-0.39, 0.29) is 17.2 Å². The Morgan fingerprint density at radius 3 is 2.30 bits per heavy atom. The highest BCUT2D eigenvalue weighted by molar-refractivity contribution is 7.80. The molecule has 4 aromatic rings. The number of carboxylic acid groups (broad SMARTS) is 2. The van der Waals surface area contributed by atoms with Crippen molar-refractivity contribution in [2.45, 2.75) is 32.4 Å². The van der Waals surface area contributed by atoms with Crippen LogP contribution in [0.4, 0.5) is 11.4 Å². The number of furan rings is 1. The van der Waals surface area contributed by atoms with Crippen molar-refractivity contribution in [2.75, 3.05) is 22.9 Å². The Hall–Kier alpha value is -4.41. The molecule has 0 amide bonds. The number of pyridine rings is 1. The molecule has 2 aliphatic rings. The van der Waals surface area contributed by atoms with Gasteiger partial charge in [0.15, 0.2) is 5.11 Å². The topological polar surface area (TPSA) is 119 Å². The maximum atomic E-state index is 11.7. The molecular weight excluding hydrogens is 600 g/mol. The van der Waals surface area contributed by atoms with Crippen molar-refractivity contribution >= 4 is 52.2 Å². The van der Waals surface area contributed by atoms with E-state index in [9.17, 15) is 19.8 Å². The number of hydrogen-bond donors (Lipinski definition) is 3. The van der Waals surface area contributed by atoms with E-state index in [1.807, 2.05) is 41.3 Å². The van der Waals surface area contributed by atoms with E-state index >= 15 is 0 Å². The van der Waals surface area contributed by atoms with Gasteiger partial charge in [-0.05, 0) is 91.1 Å². The highest BCUT2D eigenvalue weighted by Gasteiger charge is 2.43. The maximum Gasteiger partial charge on any atom is 0.335 e. The molecule has 2 saturated heterocycles. The summed E-state index contributed by atoms with van der Waals surface area (Å²) in [6.45, 7) is 6.41. The van der Waals surface area contributed by atoms with E-state index in [2.05, 4.69) is 29.0 Å². The lowest BCUT2D eigenvalue weighted by Crippen LogP contribution is -2.38. The number of rotatable bonds is 7. The minimum atomic E-state index is -1.23. The van der Waals surface area contributed by atoms with Gasteiger partial charge in [0.25, 0.3) is 0 Å². The van der Waals surface area contributed by atoms with Crippen molar-refractivity contribution in [3.63, 3.8) is 0 Å². The number of thiocarbonyl (C=S) groups is 1. The highest BCUT2D eigenvalue weighted by Crippen LogP contribution is 2.44. The average Bonchev–Trinajstić information content (AvgIpc) is 3.61. The normalized spacial score (nSPS) is 21.8. The zero-order valence-corrected chi connectivity index (χ0v) is 25.7. The molecule has 0 saturated carbocycles. The number of carbonyl (C=O) groups is 2. The van der Waals surface area contributed by atoms with Crippen molar-refractivity contribution in [1.29, 1.82) is 0 Å². The Kier molecular flexibility index (Phi) is 8.04. The Morgan fingerprint density at radius 1 is 0.977 bits per heavy atom. The average molecular weight is 631 g/mol. The lowest BCUT2D eigenvalue weighted by atomic mass is 9.91. The Balaban J connectivity index is 1.40. The zero-order valence-electron chi connectivity index (χ0n) is 24.1. The molecule has 9 nitrogen and oxygen atoms in total. The largest absolute Gasteiger partial charge is 0.478 e. The second-order valence-corrected chi connectivity index (χ2v) is 12.4. The van der Waals surface area contributed by atoms with Crippen LogP contribution < -0.4 is 15.1 Å². The number of carboxylic acids is 2. The van der Waals surface area contributed by atoms with Gasteiger partial charge in [0.1, 0.15) is 17.6 Å². The Bertz CT molecular complexity index is 1700. The first-order valence-corrected chi connectivity index (χ1v) is 15.1. The molecule has 2 aromatic heterocycles. The number of nitrogens with one attached hydrogen (secondary N) is 1. The number of anilines is 2. The second kappa shape index (κ2) is 11.9. The number of hydrogen-bond acceptors (Lipinski definition) is 6. The van der Waals surface area contributed by atoms with Gasteiger partial charge in [-0.1, -0.05) is 31.5 Å². The van der Waals surface area contributed by atoms with E-state index < -0.39 is 18.0 Å². The van der Waals surface area contributed by atoms with E-state index in [0.29, 0.717) is 39.1 Å². The van der Waals surface area contributed by atoms with Crippen LogP contribution in [0.2, 0.25) is 5.02 Å². The number of halogens is 1. The van der Waals surface area contributed by atoms with Gasteiger partial charge >= 0.3 is 11.9 Å². The quantitative estimate of drug-likeness (QED) is 0.183. The van der Waals surface area contributed by atoms with E-state index in [1.165, 1.54) is 18.6 Å². The molecule has 2 aromatic carbocycles. The van der Waals surface area contributed by atoms with Gasteiger partial charge in [0.2, 0.25) is 0 Å². The molecule has 2 aliphatic heterocycles. The van der Waals surface area contributed by atoms with Crippen LogP contribution in [0.15, 0.2) is 77.3 Å². The van der Waals surface area contributed by atoms with E-state index in [0.717, 1.165) is 36.2 Å². The summed E-state index contributed by atoms with van der Waals surface area (Å²) in [6.07, 6.45) is 2.91. The van der Waals surface area contributed by atoms with Crippen molar-refractivity contribution in [1.82, 2.24) is 10.3 Å². The van der Waals surface area contributed by atoms with Crippen molar-refractivity contribution in [2.24, 2.45) is 11.8 Å². The first kappa shape index (κ1) is 29.7. The van der Waals surface area contributed by atoms with Gasteiger partial charge in [-0.15, -0.1) is 0 Å². The molecular formula is C33H31ClN4O5S. The summed E-state index contributed by atoms with van der Waals surface area (Å²) < 4.78 is 6.35. The van der Waals surface area contributed by atoms with E-state index in [1.54, 1.807) is 18.3 Å². The van der Waals surface area contributed by atoms with Crippen LogP contribution in [0.3, 0.4) is 0 Å². The molecule has 44 heavy (non-hydrogen) atoms. The summed E-state index contributed by atoms with van der Waals surface area (Å²) >= 11 is 12.8. The third-order valence-electron chi connectivity index (χ3n) is 8.15. The molecule has 3 N–H and O–H groups in total. The van der Waals surface area contributed by atoms with Crippen molar-refractivity contribution in [3.8, 4) is 11.3 Å². The molecule has 11 heteroatoms. The van der Waals surface area contributed by atoms with Crippen LogP contribution in [-0.2, 0) is 0 Å². The molecule has 0 aliphatic carbocycles. The predicted molar refractivity (Wildman–Crippen MR) is 173 cm³/mol. The van der Waals surface area contributed by atoms with Crippen molar-refractivity contribution < 1.29 is 24.2 Å². The summed E-state index contributed by atoms with van der Waals surface area (Å²) in [5, 5.41) is 23.6. The molecule has 4 atom stereocenters. The molecule has 4 heterocycles. The van der Waals surface area contributed by atoms with Gasteiger partial charge < -0.3 is 29.7 Å². The Labute approximate surface area is 265 Å². The van der Waals surface area contributed by atoms with Crippen LogP contribution in [0.1, 0.15) is 64.5 Å². The maximum absolute atomic E-state index is 11.7.